The van der Waals surface area contributed by atoms with Crippen LogP contribution in [0, 0.1) is 13.8 Å². The molecule has 2 aromatic carbocycles. The lowest BCUT2D eigenvalue weighted by Crippen LogP contribution is -2.36. The van der Waals surface area contributed by atoms with Crippen LogP contribution in [0.25, 0.3) is 45.1 Å². The maximum atomic E-state index is 12.3. The number of pyridine rings is 2. The molecule has 0 aliphatic heterocycles. The van der Waals surface area contributed by atoms with Gasteiger partial charge in [-0.2, -0.15) is 26.3 Å². The lowest BCUT2D eigenvalue weighted by Gasteiger charge is -2.11. The first-order valence-corrected chi connectivity index (χ1v) is 16.8. The van der Waals surface area contributed by atoms with Gasteiger partial charge in [-0.3, -0.25) is 13.6 Å². The van der Waals surface area contributed by atoms with E-state index in [9.17, 15) is 40.7 Å². The molecule has 0 aliphatic carbocycles. The third-order valence-electron chi connectivity index (χ3n) is 8.08. The quantitative estimate of drug-likeness (QED) is 0.0888. The number of nitrogens with zero attached hydrogens (tertiary/aromatic N) is 5. The summed E-state index contributed by atoms with van der Waals surface area (Å²) in [4.78, 5) is 47.1. The highest BCUT2D eigenvalue weighted by atomic mass is 19.4. The van der Waals surface area contributed by atoms with Crippen LogP contribution in [0.3, 0.4) is 0 Å². The third kappa shape index (κ3) is 10.1. The molecule has 5 heterocycles. The average Bonchev–Trinajstić information content (AvgIpc) is 3.88. The Labute approximate surface area is 318 Å². The number of benzene rings is 2. The van der Waals surface area contributed by atoms with Crippen molar-refractivity contribution in [1.82, 2.24) is 34.4 Å². The molecule has 0 unspecified atom stereocenters. The van der Waals surface area contributed by atoms with E-state index in [1.54, 1.807) is 95.1 Å². The Morgan fingerprint density at radius 1 is 0.702 bits per heavy atom. The number of carbonyl (C=O) groups excluding carboxylic acids is 3. The second-order valence-electron chi connectivity index (χ2n) is 12.4. The zero-order valence-electron chi connectivity index (χ0n) is 29.9. The van der Waals surface area contributed by atoms with Crippen molar-refractivity contribution >= 4 is 41.0 Å². The molecule has 0 bridgehead atoms. The van der Waals surface area contributed by atoms with E-state index in [1.165, 1.54) is 0 Å². The SMILES string of the molecule is Cc1nc(C)c(-c2ccn3c(-c4cccc(NC(=O)NCC(F)(F)F)c4)cnc3c2)o1.O=Cc1ccn2c(-c3cccc(NC(=O)NCC(F)(F)F)c3)cnc2c1. The number of halogens is 6. The number of alkyl halides is 6. The molecule has 57 heavy (non-hydrogen) atoms. The van der Waals surface area contributed by atoms with Gasteiger partial charge in [0.2, 0.25) is 0 Å². The molecular weight excluding hydrogens is 760 g/mol. The first kappa shape index (κ1) is 39.5. The molecule has 294 valence electrons. The maximum absolute atomic E-state index is 12.3. The summed E-state index contributed by atoms with van der Waals surface area (Å²) in [6.07, 6.45) is -1.41. The minimum Gasteiger partial charge on any atom is -0.441 e. The number of aromatic nitrogens is 5. The highest BCUT2D eigenvalue weighted by molar-refractivity contribution is 5.91. The molecule has 4 N–H and O–H groups in total. The lowest BCUT2D eigenvalue weighted by atomic mass is 10.1. The number of urea groups is 2. The molecule has 7 aromatic rings. The molecule has 13 nitrogen and oxygen atoms in total. The van der Waals surface area contributed by atoms with Crippen LogP contribution in [0.5, 0.6) is 0 Å². The summed E-state index contributed by atoms with van der Waals surface area (Å²) < 4.78 is 82.4. The first-order chi connectivity index (χ1) is 27.0. The number of anilines is 2. The van der Waals surface area contributed by atoms with E-state index in [0.29, 0.717) is 51.1 Å². The maximum Gasteiger partial charge on any atom is 0.405 e. The van der Waals surface area contributed by atoms with E-state index >= 15 is 0 Å². The standard InChI is InChI=1S/C21H18F3N5O2.C17H13F3N4O2/c1-12-19(31-13(2)27-12)15-6-7-29-17(10-25-18(29)9-15)14-4-3-5-16(8-14)28-20(30)26-11-21(22,23)24;18-17(19,20)10-22-16(26)23-13-3-1-2-12(7-13)14-8-21-15-6-11(9-25)4-5-24(14)15/h3-10H,11H2,1-2H3,(H2,26,28,30);1-9H,10H2,(H2,22,23,26). The van der Waals surface area contributed by atoms with Crippen molar-refractivity contribution in [3.05, 3.63) is 115 Å². The van der Waals surface area contributed by atoms with Gasteiger partial charge in [0.1, 0.15) is 30.7 Å². The van der Waals surface area contributed by atoms with Gasteiger partial charge in [0.15, 0.2) is 11.7 Å². The number of oxazole rings is 1. The number of fused-ring (bicyclic) bond motifs is 2. The smallest absolute Gasteiger partial charge is 0.405 e. The van der Waals surface area contributed by atoms with Gasteiger partial charge in [-0.15, -0.1) is 0 Å². The average molecular weight is 792 g/mol. The summed E-state index contributed by atoms with van der Waals surface area (Å²) >= 11 is 0. The van der Waals surface area contributed by atoms with Crippen molar-refractivity contribution in [2.45, 2.75) is 26.2 Å². The van der Waals surface area contributed by atoms with E-state index < -0.39 is 37.5 Å². The number of hydrogen-bond donors (Lipinski definition) is 4. The monoisotopic (exact) mass is 791 g/mol. The lowest BCUT2D eigenvalue weighted by molar-refractivity contribution is -0.123. The van der Waals surface area contributed by atoms with Crippen molar-refractivity contribution < 1.29 is 45.1 Å². The minimum atomic E-state index is -4.48. The van der Waals surface area contributed by atoms with Gasteiger partial charge in [0.25, 0.3) is 0 Å². The molecule has 0 aliphatic rings. The molecule has 0 spiro atoms. The number of nitrogens with one attached hydrogen (secondary N) is 4. The second-order valence-corrected chi connectivity index (χ2v) is 12.4. The van der Waals surface area contributed by atoms with Crippen molar-refractivity contribution in [2.75, 3.05) is 23.7 Å². The molecular formula is C38H31F6N9O4. The predicted octanol–water partition coefficient (Wildman–Crippen LogP) is 8.45. The van der Waals surface area contributed by atoms with Crippen molar-refractivity contribution in [2.24, 2.45) is 0 Å². The van der Waals surface area contributed by atoms with Gasteiger partial charge in [0, 0.05) is 52.9 Å². The molecule has 0 fully saturated rings. The third-order valence-corrected chi connectivity index (χ3v) is 8.08. The molecule has 0 saturated heterocycles. The molecule has 0 atom stereocenters. The van der Waals surface area contributed by atoms with Crippen LogP contribution >= 0.6 is 0 Å². The summed E-state index contributed by atoms with van der Waals surface area (Å²) in [6, 6.07) is 18.5. The molecule has 4 amide bonds. The highest BCUT2D eigenvalue weighted by Crippen LogP contribution is 2.29. The van der Waals surface area contributed by atoms with Gasteiger partial charge in [-0.1, -0.05) is 24.3 Å². The van der Waals surface area contributed by atoms with E-state index in [-0.39, 0.29) is 0 Å². The van der Waals surface area contributed by atoms with Crippen molar-refractivity contribution in [3.8, 4) is 33.8 Å². The summed E-state index contributed by atoms with van der Waals surface area (Å²) in [6.45, 7) is 0.840. The van der Waals surface area contributed by atoms with Crippen molar-refractivity contribution in [1.29, 1.82) is 0 Å². The first-order valence-electron chi connectivity index (χ1n) is 16.8. The number of hydrogen-bond acceptors (Lipinski definition) is 7. The van der Waals surface area contributed by atoms with E-state index in [0.717, 1.165) is 28.8 Å². The van der Waals surface area contributed by atoms with Crippen LogP contribution in [-0.4, -0.2) is 67.5 Å². The van der Waals surface area contributed by atoms with Crippen LogP contribution in [0.1, 0.15) is 21.9 Å². The minimum absolute atomic E-state index is 0.335. The molecule has 0 saturated carbocycles. The van der Waals surface area contributed by atoms with Gasteiger partial charge in [0.05, 0.1) is 29.5 Å². The van der Waals surface area contributed by atoms with Crippen LogP contribution in [0.4, 0.5) is 47.3 Å². The van der Waals surface area contributed by atoms with Crippen LogP contribution in [-0.2, 0) is 0 Å². The molecule has 7 rings (SSSR count). The number of aryl methyl sites for hydroxylation is 2. The summed E-state index contributed by atoms with van der Waals surface area (Å²) in [5.41, 5.74) is 6.97. The normalized spacial score (nSPS) is 11.5. The van der Waals surface area contributed by atoms with E-state index in [2.05, 4.69) is 25.6 Å². The summed E-state index contributed by atoms with van der Waals surface area (Å²) in [7, 11) is 0. The Kier molecular flexibility index (Phi) is 11.3. The zero-order valence-corrected chi connectivity index (χ0v) is 29.9. The fourth-order valence-corrected chi connectivity index (χ4v) is 5.64. The Bertz CT molecular complexity index is 2580. The fourth-order valence-electron chi connectivity index (χ4n) is 5.64. The summed E-state index contributed by atoms with van der Waals surface area (Å²) in [5.74, 6) is 1.26. The zero-order chi connectivity index (χ0) is 40.9. The van der Waals surface area contributed by atoms with Gasteiger partial charge < -0.3 is 25.7 Å². The highest BCUT2D eigenvalue weighted by Gasteiger charge is 2.28. The molecule has 5 aromatic heterocycles. The second kappa shape index (κ2) is 16.3. The molecule has 19 heteroatoms. The fraction of sp³-hybridized carbons (Fsp3) is 0.158. The van der Waals surface area contributed by atoms with E-state index in [1.807, 2.05) is 35.7 Å². The largest absolute Gasteiger partial charge is 0.441 e. The molecule has 0 radical (unpaired) electrons. The van der Waals surface area contributed by atoms with Crippen molar-refractivity contribution in [3.63, 3.8) is 0 Å². The van der Waals surface area contributed by atoms with Gasteiger partial charge >= 0.3 is 24.4 Å². The van der Waals surface area contributed by atoms with Gasteiger partial charge in [-0.05, 0) is 55.5 Å². The van der Waals surface area contributed by atoms with E-state index in [4.69, 9.17) is 4.42 Å². The van der Waals surface area contributed by atoms with Crippen LogP contribution < -0.4 is 21.3 Å². The Balaban J connectivity index is 0.000000196. The Morgan fingerprint density at radius 3 is 1.68 bits per heavy atom. The number of carbonyl (C=O) groups is 3. The predicted molar refractivity (Wildman–Crippen MR) is 198 cm³/mol. The Morgan fingerprint density at radius 2 is 1.21 bits per heavy atom. The van der Waals surface area contributed by atoms with Crippen LogP contribution in [0.2, 0.25) is 0 Å². The number of aldehydes is 1. The number of imidazole rings is 2. The van der Waals surface area contributed by atoms with Gasteiger partial charge in [-0.25, -0.2) is 24.5 Å². The topological polar surface area (TPSA) is 160 Å². The Hall–Kier alpha value is -7.18. The number of rotatable bonds is 8. The van der Waals surface area contributed by atoms with Crippen LogP contribution in [0.15, 0.2) is 102 Å². The number of amides is 4. The summed E-state index contributed by atoms with van der Waals surface area (Å²) in [5, 5.41) is 8.28.